The van der Waals surface area contributed by atoms with Gasteiger partial charge >= 0.3 is 0 Å². The summed E-state index contributed by atoms with van der Waals surface area (Å²) in [7, 11) is 2.02. The summed E-state index contributed by atoms with van der Waals surface area (Å²) in [5, 5.41) is 6.45. The molecule has 0 bridgehead atoms. The predicted octanol–water partition coefficient (Wildman–Crippen LogP) is 3.88. The van der Waals surface area contributed by atoms with E-state index in [2.05, 4.69) is 25.8 Å². The van der Waals surface area contributed by atoms with Crippen LogP contribution in [0.3, 0.4) is 0 Å². The lowest BCUT2D eigenvalue weighted by atomic mass is 9.96. The lowest BCUT2D eigenvalue weighted by Gasteiger charge is -2.46. The second-order valence-electron chi connectivity index (χ2n) is 8.10. The number of anilines is 2. The molecule has 160 valence electrons. The minimum absolute atomic E-state index is 0.0402. The van der Waals surface area contributed by atoms with Crippen molar-refractivity contribution in [1.29, 1.82) is 0 Å². The van der Waals surface area contributed by atoms with E-state index in [0.717, 1.165) is 34.3 Å². The molecule has 2 aliphatic rings. The number of amides is 2. The number of nitrogens with one attached hydrogen (secondary N) is 1. The quantitative estimate of drug-likeness (QED) is 0.522. The van der Waals surface area contributed by atoms with Crippen molar-refractivity contribution in [3.05, 3.63) is 76.9 Å². The Morgan fingerprint density at radius 1 is 1.19 bits per heavy atom. The average molecular weight is 444 g/mol. The van der Waals surface area contributed by atoms with Crippen molar-refractivity contribution >= 4 is 44.9 Å². The zero-order valence-electron chi connectivity index (χ0n) is 17.5. The topological polar surface area (TPSA) is 70.5 Å². The van der Waals surface area contributed by atoms with Gasteiger partial charge < -0.3 is 19.7 Å². The lowest BCUT2D eigenvalue weighted by Crippen LogP contribution is -2.51. The number of para-hydroxylation sites is 2. The molecule has 0 radical (unpaired) electrons. The highest BCUT2D eigenvalue weighted by atomic mass is 32.1. The van der Waals surface area contributed by atoms with Crippen molar-refractivity contribution in [3.63, 3.8) is 0 Å². The van der Waals surface area contributed by atoms with Gasteiger partial charge in [-0.25, -0.2) is 4.98 Å². The molecule has 2 amide bonds. The number of rotatable bonds is 3. The zero-order valence-corrected chi connectivity index (χ0v) is 18.3. The second-order valence-corrected chi connectivity index (χ2v) is 9.00. The summed E-state index contributed by atoms with van der Waals surface area (Å²) in [6.45, 7) is 0.804. The number of benzene rings is 2. The van der Waals surface area contributed by atoms with Crippen LogP contribution in [0.2, 0.25) is 0 Å². The molecule has 1 atom stereocenters. The van der Waals surface area contributed by atoms with Crippen molar-refractivity contribution in [2.24, 2.45) is 0 Å². The van der Waals surface area contributed by atoms with Gasteiger partial charge in [0.1, 0.15) is 12.7 Å². The van der Waals surface area contributed by atoms with Crippen molar-refractivity contribution in [2.45, 2.75) is 19.1 Å². The smallest absolute Gasteiger partial charge is 0.257 e. The highest BCUT2D eigenvalue weighted by Crippen LogP contribution is 2.44. The molecule has 32 heavy (non-hydrogen) atoms. The van der Waals surface area contributed by atoms with E-state index in [1.165, 1.54) is 16.9 Å². The van der Waals surface area contributed by atoms with Crippen LogP contribution in [-0.2, 0) is 17.8 Å². The Labute approximate surface area is 188 Å². The van der Waals surface area contributed by atoms with Crippen molar-refractivity contribution < 1.29 is 9.59 Å². The SMILES string of the molecule is CN1c2ccccc2C(=O)N2CCc3c(n(CC(=O)Nc4nccs4)c4ccccc34)[C@@H]21. The summed E-state index contributed by atoms with van der Waals surface area (Å²) in [6.07, 6.45) is 2.17. The summed E-state index contributed by atoms with van der Waals surface area (Å²) in [5.41, 5.74) is 4.86. The van der Waals surface area contributed by atoms with E-state index >= 15 is 0 Å². The van der Waals surface area contributed by atoms with Crippen molar-refractivity contribution in [3.8, 4) is 0 Å². The Morgan fingerprint density at radius 3 is 2.84 bits per heavy atom. The molecule has 1 N–H and O–H groups in total. The van der Waals surface area contributed by atoms with E-state index in [4.69, 9.17) is 0 Å². The fourth-order valence-electron chi connectivity index (χ4n) is 5.07. The van der Waals surface area contributed by atoms with Gasteiger partial charge in [0.2, 0.25) is 5.91 Å². The van der Waals surface area contributed by atoms with E-state index in [1.54, 1.807) is 6.20 Å². The highest BCUT2D eigenvalue weighted by molar-refractivity contribution is 7.13. The standard InChI is InChI=1S/C24H21N5O2S/c1-27-18-8-4-3-7-17(18)23(31)28-12-10-16-15-6-2-5-9-19(15)29(21(16)22(27)28)14-20(30)26-24-25-11-13-32-24/h2-9,11,13,22H,10,12,14H2,1H3,(H,25,26,30)/t22-/m1/s1. The van der Waals surface area contributed by atoms with E-state index < -0.39 is 0 Å². The molecule has 8 heteroatoms. The lowest BCUT2D eigenvalue weighted by molar-refractivity contribution is -0.116. The third-order valence-corrected chi connectivity index (χ3v) is 7.07. The first kappa shape index (κ1) is 19.1. The largest absolute Gasteiger partial charge is 0.349 e. The van der Waals surface area contributed by atoms with Crippen LogP contribution in [0.4, 0.5) is 10.8 Å². The number of carbonyl (C=O) groups is 2. The third kappa shape index (κ3) is 2.76. The third-order valence-electron chi connectivity index (χ3n) is 6.39. The van der Waals surface area contributed by atoms with Crippen LogP contribution in [0.1, 0.15) is 27.8 Å². The number of nitrogens with zero attached hydrogens (tertiary/aromatic N) is 4. The fourth-order valence-corrected chi connectivity index (χ4v) is 5.61. The van der Waals surface area contributed by atoms with Gasteiger partial charge in [-0.05, 0) is 30.2 Å². The van der Waals surface area contributed by atoms with Gasteiger partial charge in [0.05, 0.1) is 16.9 Å². The van der Waals surface area contributed by atoms with Crippen LogP contribution >= 0.6 is 11.3 Å². The molecule has 4 aromatic rings. The number of hydrogen-bond donors (Lipinski definition) is 1. The first-order valence-electron chi connectivity index (χ1n) is 10.6. The summed E-state index contributed by atoms with van der Waals surface area (Å²) in [6, 6.07) is 15.9. The summed E-state index contributed by atoms with van der Waals surface area (Å²) in [4.78, 5) is 34.6. The van der Waals surface area contributed by atoms with Gasteiger partial charge in [0.15, 0.2) is 5.13 Å². The Morgan fingerprint density at radius 2 is 2.00 bits per heavy atom. The van der Waals surface area contributed by atoms with E-state index in [9.17, 15) is 9.59 Å². The van der Waals surface area contributed by atoms with Crippen LogP contribution < -0.4 is 10.2 Å². The maximum Gasteiger partial charge on any atom is 0.257 e. The second kappa shape index (κ2) is 7.20. The molecule has 6 rings (SSSR count). The molecular formula is C24H21N5O2S. The Kier molecular flexibility index (Phi) is 4.29. The number of fused-ring (bicyclic) bond motifs is 6. The molecule has 2 aromatic carbocycles. The van der Waals surface area contributed by atoms with Crippen molar-refractivity contribution in [2.75, 3.05) is 23.8 Å². The molecule has 0 saturated carbocycles. The van der Waals surface area contributed by atoms with Gasteiger partial charge in [0, 0.05) is 36.1 Å². The van der Waals surface area contributed by atoms with Crippen LogP contribution in [0, 0.1) is 0 Å². The maximum atomic E-state index is 13.4. The van der Waals surface area contributed by atoms with E-state index in [1.807, 2.05) is 59.8 Å². The van der Waals surface area contributed by atoms with E-state index in [-0.39, 0.29) is 24.5 Å². The van der Waals surface area contributed by atoms with Crippen LogP contribution in [0.15, 0.2) is 60.1 Å². The van der Waals surface area contributed by atoms with Gasteiger partial charge in [-0.15, -0.1) is 11.3 Å². The summed E-state index contributed by atoms with van der Waals surface area (Å²) in [5.74, 6) is -0.0933. The molecular weight excluding hydrogens is 422 g/mol. The highest BCUT2D eigenvalue weighted by Gasteiger charge is 2.42. The van der Waals surface area contributed by atoms with Gasteiger partial charge in [-0.3, -0.25) is 9.59 Å². The number of aromatic nitrogens is 2. The minimum atomic E-state index is -0.263. The predicted molar refractivity (Wildman–Crippen MR) is 125 cm³/mol. The van der Waals surface area contributed by atoms with E-state index in [0.29, 0.717) is 11.7 Å². The van der Waals surface area contributed by atoms with Crippen LogP contribution in [0.25, 0.3) is 10.9 Å². The van der Waals surface area contributed by atoms with Crippen molar-refractivity contribution in [1.82, 2.24) is 14.5 Å². The molecule has 0 saturated heterocycles. The van der Waals surface area contributed by atoms with Gasteiger partial charge in [-0.1, -0.05) is 30.3 Å². The Hall–Kier alpha value is -3.65. The molecule has 2 aromatic heterocycles. The summed E-state index contributed by atoms with van der Waals surface area (Å²) >= 11 is 1.39. The minimum Gasteiger partial charge on any atom is -0.349 e. The molecule has 0 fully saturated rings. The summed E-state index contributed by atoms with van der Waals surface area (Å²) < 4.78 is 2.07. The molecule has 0 unspecified atom stereocenters. The monoisotopic (exact) mass is 443 g/mol. The first-order chi connectivity index (χ1) is 15.6. The molecule has 2 aliphatic heterocycles. The number of carbonyl (C=O) groups excluding carboxylic acids is 2. The molecule has 0 aliphatic carbocycles. The van der Waals surface area contributed by atoms with Crippen LogP contribution in [0.5, 0.6) is 0 Å². The zero-order chi connectivity index (χ0) is 21.8. The molecule has 7 nitrogen and oxygen atoms in total. The Bertz CT molecular complexity index is 1360. The molecule has 4 heterocycles. The molecule has 0 spiro atoms. The van der Waals surface area contributed by atoms with Gasteiger partial charge in [-0.2, -0.15) is 0 Å². The number of hydrogen-bond acceptors (Lipinski definition) is 5. The van der Waals surface area contributed by atoms with Gasteiger partial charge in [0.25, 0.3) is 5.91 Å². The number of thiazole rings is 1. The van der Waals surface area contributed by atoms with Crippen LogP contribution in [-0.4, -0.2) is 39.9 Å². The maximum absolute atomic E-state index is 13.4. The fraction of sp³-hybridized carbons (Fsp3) is 0.208. The Balaban J connectivity index is 1.50. The average Bonchev–Trinajstić information content (AvgIpc) is 3.43. The first-order valence-corrected chi connectivity index (χ1v) is 11.4. The normalized spacial score (nSPS) is 17.2.